The van der Waals surface area contributed by atoms with E-state index >= 15 is 0 Å². The topological polar surface area (TPSA) is 12.0 Å². The molecule has 1 unspecified atom stereocenters. The van der Waals surface area contributed by atoms with E-state index in [2.05, 4.69) is 45.3 Å². The van der Waals surface area contributed by atoms with E-state index in [1.807, 2.05) is 11.8 Å². The summed E-state index contributed by atoms with van der Waals surface area (Å²) in [7, 11) is 0. The van der Waals surface area contributed by atoms with Crippen LogP contribution >= 0.6 is 11.8 Å². The van der Waals surface area contributed by atoms with Crippen molar-refractivity contribution >= 4 is 11.8 Å². The zero-order chi connectivity index (χ0) is 9.56. The predicted molar refractivity (Wildman–Crippen MR) is 59.1 cm³/mol. The van der Waals surface area contributed by atoms with Crippen molar-refractivity contribution < 1.29 is 0 Å². The number of rotatable bonds is 1. The van der Waals surface area contributed by atoms with Gasteiger partial charge in [0.2, 0.25) is 0 Å². The van der Waals surface area contributed by atoms with Gasteiger partial charge in [-0.05, 0) is 18.2 Å². The van der Waals surface area contributed by atoms with Gasteiger partial charge in [-0.2, -0.15) is 0 Å². The summed E-state index contributed by atoms with van der Waals surface area (Å²) in [4.78, 5) is 0. The maximum atomic E-state index is 3.38. The second-order valence-electron chi connectivity index (χ2n) is 3.36. The number of thioether (sulfide) groups is 1. The number of allylic oxidation sites excluding steroid dienone is 1. The Labute approximate surface area is 81.0 Å². The minimum Gasteiger partial charge on any atom is -0.376 e. The first-order valence-electron chi connectivity index (χ1n) is 4.73. The highest BCUT2D eigenvalue weighted by atomic mass is 32.2. The second-order valence-corrected chi connectivity index (χ2v) is 4.57. The first-order valence-corrected chi connectivity index (χ1v) is 5.68. The van der Waals surface area contributed by atoms with E-state index in [0.717, 1.165) is 0 Å². The van der Waals surface area contributed by atoms with E-state index in [9.17, 15) is 0 Å². The zero-order valence-electron chi connectivity index (χ0n) is 8.85. The fourth-order valence-electron chi connectivity index (χ4n) is 0.781. The van der Waals surface area contributed by atoms with Crippen LogP contribution in [0.2, 0.25) is 0 Å². The maximum Gasteiger partial charge on any atom is 0.0732 e. The molecule has 1 aliphatic rings. The van der Waals surface area contributed by atoms with Gasteiger partial charge in [0, 0.05) is 5.70 Å². The number of hydrogen-bond acceptors (Lipinski definition) is 2. The molecule has 1 nitrogen and oxygen atoms in total. The highest BCUT2D eigenvalue weighted by Gasteiger charge is 2.12. The summed E-state index contributed by atoms with van der Waals surface area (Å²) in [5, 5.41) is 6.18. The molecule has 0 fully saturated rings. The van der Waals surface area contributed by atoms with Gasteiger partial charge in [-0.15, -0.1) is 11.8 Å². The fourth-order valence-corrected chi connectivity index (χ4v) is 1.68. The largest absolute Gasteiger partial charge is 0.376 e. The number of hydrogen-bond donors (Lipinski definition) is 1. The normalized spacial score (nSPS) is 21.2. The van der Waals surface area contributed by atoms with E-state index < -0.39 is 0 Å². The van der Waals surface area contributed by atoms with E-state index in [0.29, 0.717) is 11.3 Å². The van der Waals surface area contributed by atoms with E-state index in [4.69, 9.17) is 0 Å². The molecule has 1 N–H and O–H groups in total. The Hall–Kier alpha value is -0.110. The molecular weight excluding hydrogens is 166 g/mol. The van der Waals surface area contributed by atoms with Crippen molar-refractivity contribution in [3.8, 4) is 0 Å². The van der Waals surface area contributed by atoms with Crippen LogP contribution in [0.15, 0.2) is 11.1 Å². The first-order chi connectivity index (χ1) is 5.61. The Morgan fingerprint density at radius 3 is 2.17 bits per heavy atom. The van der Waals surface area contributed by atoms with Crippen molar-refractivity contribution in [1.82, 2.24) is 5.32 Å². The highest BCUT2D eigenvalue weighted by molar-refractivity contribution is 8.02. The molecule has 0 saturated carbocycles. The molecule has 0 bridgehead atoms. The smallest absolute Gasteiger partial charge is 0.0732 e. The van der Waals surface area contributed by atoms with Crippen LogP contribution in [0.5, 0.6) is 0 Å². The molecule has 1 atom stereocenters. The Morgan fingerprint density at radius 1 is 1.50 bits per heavy atom. The predicted octanol–water partition coefficient (Wildman–Crippen LogP) is 3.58. The van der Waals surface area contributed by atoms with Gasteiger partial charge in [0.15, 0.2) is 0 Å². The lowest BCUT2D eigenvalue weighted by Crippen LogP contribution is -2.19. The maximum absolute atomic E-state index is 3.38. The molecule has 2 heteroatoms. The lowest BCUT2D eigenvalue weighted by Gasteiger charge is -2.09. The Kier molecular flexibility index (Phi) is 6.35. The molecule has 0 aromatic heterocycles. The van der Waals surface area contributed by atoms with Gasteiger partial charge in [0.1, 0.15) is 0 Å². The summed E-state index contributed by atoms with van der Waals surface area (Å²) in [6.45, 7) is 10.8. The van der Waals surface area contributed by atoms with Crippen molar-refractivity contribution in [1.29, 1.82) is 0 Å². The van der Waals surface area contributed by atoms with Gasteiger partial charge >= 0.3 is 0 Å². The highest BCUT2D eigenvalue weighted by Crippen LogP contribution is 2.23. The van der Waals surface area contributed by atoms with Gasteiger partial charge in [0.05, 0.1) is 5.37 Å². The van der Waals surface area contributed by atoms with E-state index in [1.54, 1.807) is 0 Å². The molecule has 1 heterocycles. The molecule has 0 aromatic rings. The van der Waals surface area contributed by atoms with E-state index in [1.165, 1.54) is 12.1 Å². The number of nitrogens with one attached hydrogen (secondary N) is 1. The van der Waals surface area contributed by atoms with Crippen molar-refractivity contribution in [2.45, 2.75) is 46.4 Å². The Balaban J connectivity index is 0.000000354. The van der Waals surface area contributed by atoms with Crippen LogP contribution in [0.1, 0.15) is 41.0 Å². The lowest BCUT2D eigenvalue weighted by atomic mass is 10.2. The molecule has 0 aromatic carbocycles. The van der Waals surface area contributed by atoms with Gasteiger partial charge in [-0.25, -0.2) is 0 Å². The third-order valence-electron chi connectivity index (χ3n) is 1.39. The van der Waals surface area contributed by atoms with Crippen molar-refractivity contribution in [2.75, 3.05) is 0 Å². The fraction of sp³-hybridized carbons (Fsp3) is 0.800. The van der Waals surface area contributed by atoms with Gasteiger partial charge in [-0.3, -0.25) is 0 Å². The molecule has 1 aliphatic heterocycles. The monoisotopic (exact) mass is 187 g/mol. The van der Waals surface area contributed by atoms with Gasteiger partial charge in [-0.1, -0.05) is 34.1 Å². The summed E-state index contributed by atoms with van der Waals surface area (Å²) in [5.41, 5.74) is 1.38. The third kappa shape index (κ3) is 4.70. The molecule has 0 radical (unpaired) electrons. The average Bonchev–Trinajstić information content (AvgIpc) is 2.37. The molecule has 0 aliphatic carbocycles. The SMILES string of the molecule is CC1NC(C(C)C)=CS1.CCC. The van der Waals surface area contributed by atoms with Crippen LogP contribution in [0.3, 0.4) is 0 Å². The van der Waals surface area contributed by atoms with Gasteiger partial charge in [0.25, 0.3) is 0 Å². The van der Waals surface area contributed by atoms with Crippen LogP contribution in [0.4, 0.5) is 0 Å². The van der Waals surface area contributed by atoms with Crippen molar-refractivity contribution in [2.24, 2.45) is 5.92 Å². The Morgan fingerprint density at radius 2 is 2.00 bits per heavy atom. The molecule has 72 valence electrons. The Bertz CT molecular complexity index is 141. The average molecular weight is 187 g/mol. The van der Waals surface area contributed by atoms with Crippen LogP contribution in [0.25, 0.3) is 0 Å². The van der Waals surface area contributed by atoms with Crippen LogP contribution in [0, 0.1) is 5.92 Å². The standard InChI is InChI=1S/C7H13NS.C3H8/c1-5(2)7-4-9-6(3)8-7;1-3-2/h4-6,8H,1-3H3;3H2,1-2H3. The quantitative estimate of drug-likeness (QED) is 0.673. The summed E-state index contributed by atoms with van der Waals surface area (Å²) in [6.07, 6.45) is 1.25. The lowest BCUT2D eigenvalue weighted by molar-refractivity contribution is 0.662. The van der Waals surface area contributed by atoms with Gasteiger partial charge < -0.3 is 5.32 Å². The molecule has 12 heavy (non-hydrogen) atoms. The van der Waals surface area contributed by atoms with Crippen LogP contribution in [-0.2, 0) is 0 Å². The van der Waals surface area contributed by atoms with Crippen molar-refractivity contribution in [3.05, 3.63) is 11.1 Å². The van der Waals surface area contributed by atoms with Crippen molar-refractivity contribution in [3.63, 3.8) is 0 Å². The molecule has 0 spiro atoms. The minimum absolute atomic E-state index is 0.586. The summed E-state index contributed by atoms with van der Waals surface area (Å²) >= 11 is 1.86. The first kappa shape index (κ1) is 11.9. The summed E-state index contributed by atoms with van der Waals surface area (Å²) in [6, 6.07) is 0. The second kappa shape index (κ2) is 6.41. The van der Waals surface area contributed by atoms with Crippen LogP contribution < -0.4 is 5.32 Å². The molecule has 1 rings (SSSR count). The summed E-state index contributed by atoms with van der Waals surface area (Å²) in [5.74, 6) is 0.655. The minimum atomic E-state index is 0.586. The summed E-state index contributed by atoms with van der Waals surface area (Å²) < 4.78 is 0. The molecular formula is C10H21NS. The van der Waals surface area contributed by atoms with E-state index in [-0.39, 0.29) is 0 Å². The third-order valence-corrected chi connectivity index (χ3v) is 2.31. The zero-order valence-corrected chi connectivity index (χ0v) is 9.66. The molecule has 0 saturated heterocycles. The molecule has 0 amide bonds. The van der Waals surface area contributed by atoms with Crippen LogP contribution in [-0.4, -0.2) is 5.37 Å².